The molecule has 126 valence electrons. The van der Waals surface area contributed by atoms with Crippen LogP contribution in [0.3, 0.4) is 0 Å². The molecule has 1 fully saturated rings. The van der Waals surface area contributed by atoms with Gasteiger partial charge in [-0.15, -0.1) is 0 Å². The fourth-order valence-electron chi connectivity index (χ4n) is 1.77. The summed E-state index contributed by atoms with van der Waals surface area (Å²) in [5, 5.41) is 11.5. The highest BCUT2D eigenvalue weighted by atomic mass is 32.2. The number of hydrogen-bond donors (Lipinski definition) is 3. The fourth-order valence-corrected chi connectivity index (χ4v) is 3.12. The molecular weight excluding hydrogens is 320 g/mol. The molecule has 0 aliphatic heterocycles. The van der Waals surface area contributed by atoms with E-state index < -0.39 is 27.3 Å². The molecule has 0 aromatic heterocycles. The first kappa shape index (κ1) is 17.4. The summed E-state index contributed by atoms with van der Waals surface area (Å²) in [4.78, 5) is 23.2. The summed E-state index contributed by atoms with van der Waals surface area (Å²) in [6, 6.07) is 5.66. The van der Waals surface area contributed by atoms with Crippen LogP contribution in [0.4, 0.5) is 0 Å². The van der Waals surface area contributed by atoms with E-state index >= 15 is 0 Å². The zero-order chi connectivity index (χ0) is 17.3. The maximum Gasteiger partial charge on any atom is 0.310 e. The summed E-state index contributed by atoms with van der Waals surface area (Å²) < 4.78 is 26.8. The summed E-state index contributed by atoms with van der Waals surface area (Å²) in [7, 11) is -3.63. The molecule has 1 aromatic carbocycles. The number of benzene rings is 1. The Kier molecular flexibility index (Phi) is 4.76. The van der Waals surface area contributed by atoms with Gasteiger partial charge in [0.2, 0.25) is 10.0 Å². The van der Waals surface area contributed by atoms with Gasteiger partial charge in [0.1, 0.15) is 0 Å². The van der Waals surface area contributed by atoms with Crippen molar-refractivity contribution in [2.75, 3.05) is 6.54 Å². The van der Waals surface area contributed by atoms with E-state index in [1.807, 2.05) is 0 Å². The third-order valence-corrected chi connectivity index (χ3v) is 5.09. The lowest BCUT2D eigenvalue weighted by Crippen LogP contribution is -2.39. The number of carbonyl (C=O) groups excluding carboxylic acids is 1. The van der Waals surface area contributed by atoms with E-state index in [2.05, 4.69) is 10.0 Å². The molecule has 2 rings (SSSR count). The first-order valence-corrected chi connectivity index (χ1v) is 8.74. The van der Waals surface area contributed by atoms with Gasteiger partial charge in [-0.2, -0.15) is 0 Å². The van der Waals surface area contributed by atoms with Gasteiger partial charge in [-0.1, -0.05) is 6.07 Å². The van der Waals surface area contributed by atoms with Crippen LogP contribution in [-0.2, 0) is 14.8 Å². The van der Waals surface area contributed by atoms with E-state index in [9.17, 15) is 18.0 Å². The Morgan fingerprint density at radius 3 is 2.52 bits per heavy atom. The predicted octanol–water partition coefficient (Wildman–Crippen LogP) is 0.968. The molecule has 7 nitrogen and oxygen atoms in total. The van der Waals surface area contributed by atoms with Crippen molar-refractivity contribution in [1.29, 1.82) is 0 Å². The van der Waals surface area contributed by atoms with Gasteiger partial charge in [-0.05, 0) is 44.9 Å². The van der Waals surface area contributed by atoms with Gasteiger partial charge in [-0.3, -0.25) is 9.59 Å². The van der Waals surface area contributed by atoms with Crippen molar-refractivity contribution in [3.05, 3.63) is 29.8 Å². The second-order valence-electron chi connectivity index (χ2n) is 6.30. The Hall–Kier alpha value is -1.93. The maximum atomic E-state index is 12.1. The van der Waals surface area contributed by atoms with Crippen molar-refractivity contribution in [2.24, 2.45) is 5.41 Å². The third kappa shape index (κ3) is 4.52. The van der Waals surface area contributed by atoms with Crippen LogP contribution in [0.15, 0.2) is 29.2 Å². The lowest BCUT2D eigenvalue weighted by molar-refractivity contribution is -0.146. The van der Waals surface area contributed by atoms with Crippen LogP contribution in [0.5, 0.6) is 0 Å². The molecule has 1 saturated carbocycles. The van der Waals surface area contributed by atoms with E-state index in [1.165, 1.54) is 38.1 Å². The van der Waals surface area contributed by atoms with E-state index in [-0.39, 0.29) is 23.0 Å². The smallest absolute Gasteiger partial charge is 0.310 e. The van der Waals surface area contributed by atoms with Gasteiger partial charge in [0.05, 0.1) is 10.3 Å². The van der Waals surface area contributed by atoms with Crippen LogP contribution in [0.2, 0.25) is 0 Å². The lowest BCUT2D eigenvalue weighted by Gasteiger charge is -2.19. The molecule has 0 unspecified atom stereocenters. The molecule has 0 bridgehead atoms. The quantitative estimate of drug-likeness (QED) is 0.684. The van der Waals surface area contributed by atoms with Crippen LogP contribution in [0.1, 0.15) is 37.0 Å². The Morgan fingerprint density at radius 1 is 1.30 bits per heavy atom. The minimum absolute atomic E-state index is 0.0196. The Balaban J connectivity index is 2.10. The van der Waals surface area contributed by atoms with Crippen molar-refractivity contribution < 1.29 is 23.1 Å². The van der Waals surface area contributed by atoms with E-state index in [4.69, 9.17) is 5.11 Å². The summed E-state index contributed by atoms with van der Waals surface area (Å²) >= 11 is 0. The SMILES string of the molecule is CC(C)(CNC(=O)c1cccc(S(=O)(=O)NC2CC2)c1)C(=O)O. The molecule has 0 saturated heterocycles. The number of carbonyl (C=O) groups is 2. The first-order valence-electron chi connectivity index (χ1n) is 7.26. The number of nitrogens with one attached hydrogen (secondary N) is 2. The zero-order valence-corrected chi connectivity index (χ0v) is 13.8. The summed E-state index contributed by atoms with van der Waals surface area (Å²) in [6.07, 6.45) is 1.65. The molecule has 0 atom stereocenters. The first-order chi connectivity index (χ1) is 10.6. The molecule has 0 spiro atoms. The lowest BCUT2D eigenvalue weighted by atomic mass is 9.94. The van der Waals surface area contributed by atoms with Crippen LogP contribution < -0.4 is 10.0 Å². The molecule has 23 heavy (non-hydrogen) atoms. The monoisotopic (exact) mass is 340 g/mol. The van der Waals surface area contributed by atoms with Gasteiger partial charge in [0.25, 0.3) is 5.91 Å². The molecule has 1 aromatic rings. The van der Waals surface area contributed by atoms with E-state index in [0.717, 1.165) is 12.8 Å². The van der Waals surface area contributed by atoms with Crippen LogP contribution >= 0.6 is 0 Å². The largest absolute Gasteiger partial charge is 0.481 e. The summed E-state index contributed by atoms with van der Waals surface area (Å²) in [5.41, 5.74) is -0.933. The summed E-state index contributed by atoms with van der Waals surface area (Å²) in [5.74, 6) is -1.54. The van der Waals surface area contributed by atoms with Crippen LogP contribution in [0, 0.1) is 5.41 Å². The van der Waals surface area contributed by atoms with Gasteiger partial charge in [0.15, 0.2) is 0 Å². The van der Waals surface area contributed by atoms with Crippen LogP contribution in [0.25, 0.3) is 0 Å². The average molecular weight is 340 g/mol. The molecule has 1 amide bonds. The Morgan fingerprint density at radius 2 is 1.96 bits per heavy atom. The van der Waals surface area contributed by atoms with Gasteiger partial charge in [-0.25, -0.2) is 13.1 Å². The van der Waals surface area contributed by atoms with Crippen molar-refractivity contribution >= 4 is 21.9 Å². The van der Waals surface area contributed by atoms with Gasteiger partial charge >= 0.3 is 5.97 Å². The number of rotatable bonds is 7. The molecule has 0 heterocycles. The number of aliphatic carboxylic acids is 1. The number of carboxylic acids is 1. The van der Waals surface area contributed by atoms with Crippen molar-refractivity contribution in [2.45, 2.75) is 37.6 Å². The highest BCUT2D eigenvalue weighted by Crippen LogP contribution is 2.22. The Bertz CT molecular complexity index is 723. The average Bonchev–Trinajstić information content (AvgIpc) is 3.28. The third-order valence-electron chi connectivity index (χ3n) is 3.58. The molecular formula is C15H20N2O5S. The topological polar surface area (TPSA) is 113 Å². The molecule has 1 aliphatic rings. The van der Waals surface area contributed by atoms with E-state index in [0.29, 0.717) is 0 Å². The second kappa shape index (κ2) is 6.29. The van der Waals surface area contributed by atoms with Gasteiger partial charge < -0.3 is 10.4 Å². The number of sulfonamides is 1. The summed E-state index contributed by atoms with van der Waals surface area (Å²) in [6.45, 7) is 2.94. The number of hydrogen-bond acceptors (Lipinski definition) is 4. The van der Waals surface area contributed by atoms with E-state index in [1.54, 1.807) is 0 Å². The minimum Gasteiger partial charge on any atom is -0.481 e. The number of carboxylic acid groups (broad SMARTS) is 1. The zero-order valence-electron chi connectivity index (χ0n) is 13.0. The minimum atomic E-state index is -3.63. The highest BCUT2D eigenvalue weighted by Gasteiger charge is 2.29. The van der Waals surface area contributed by atoms with Crippen molar-refractivity contribution in [1.82, 2.24) is 10.0 Å². The standard InChI is InChI=1S/C15H20N2O5S/c1-15(2,14(19)20)9-16-13(18)10-4-3-5-12(8-10)23(21,22)17-11-6-7-11/h3-5,8,11,17H,6-7,9H2,1-2H3,(H,16,18)(H,19,20). The molecule has 1 aliphatic carbocycles. The molecule has 8 heteroatoms. The highest BCUT2D eigenvalue weighted by molar-refractivity contribution is 7.89. The second-order valence-corrected chi connectivity index (χ2v) is 8.01. The Labute approximate surface area is 135 Å². The number of amides is 1. The van der Waals surface area contributed by atoms with Crippen molar-refractivity contribution in [3.63, 3.8) is 0 Å². The fraction of sp³-hybridized carbons (Fsp3) is 0.467. The normalized spacial score (nSPS) is 15.2. The molecule has 0 radical (unpaired) electrons. The van der Waals surface area contributed by atoms with Crippen molar-refractivity contribution in [3.8, 4) is 0 Å². The predicted molar refractivity (Wildman–Crippen MR) is 83.5 cm³/mol. The maximum absolute atomic E-state index is 12.1. The molecule has 3 N–H and O–H groups in total. The van der Waals surface area contributed by atoms with Crippen LogP contribution in [-0.4, -0.2) is 38.0 Å². The van der Waals surface area contributed by atoms with Gasteiger partial charge in [0, 0.05) is 18.2 Å².